The monoisotopic (exact) mass is 212 g/mol. The van der Waals surface area contributed by atoms with Crippen LogP contribution in [0.25, 0.3) is 0 Å². The molecule has 58 valence electrons. The molecule has 2 rings (SSSR count). The molecule has 2 N–H and O–H groups in total. The average molecular weight is 213 g/mol. The topological polar surface area (TPSA) is 38.9 Å². The standard InChI is InChI=1S/C8H9BrN2/c9-8-2-1-5(4-11-8)6-3-7(6)10/h1-2,4,6-7H,3,10H2. The second kappa shape index (κ2) is 2.57. The molecule has 0 radical (unpaired) electrons. The summed E-state index contributed by atoms with van der Waals surface area (Å²) in [7, 11) is 0. The van der Waals surface area contributed by atoms with Gasteiger partial charge in [0.2, 0.25) is 0 Å². The molecule has 1 heterocycles. The van der Waals surface area contributed by atoms with Crippen LogP contribution in [0.3, 0.4) is 0 Å². The second-order valence-electron chi connectivity index (χ2n) is 2.92. The van der Waals surface area contributed by atoms with Crippen molar-refractivity contribution >= 4 is 15.9 Å². The Labute approximate surface area is 73.9 Å². The number of aromatic nitrogens is 1. The summed E-state index contributed by atoms with van der Waals surface area (Å²) in [6, 6.07) is 4.41. The Bertz CT molecular complexity index is 257. The van der Waals surface area contributed by atoms with Crippen molar-refractivity contribution in [2.45, 2.75) is 18.4 Å². The normalized spacial score (nSPS) is 28.5. The van der Waals surface area contributed by atoms with Gasteiger partial charge >= 0.3 is 0 Å². The molecule has 0 bridgehead atoms. The summed E-state index contributed by atoms with van der Waals surface area (Å²) in [6.07, 6.45) is 3.00. The highest BCUT2D eigenvalue weighted by Crippen LogP contribution is 2.38. The van der Waals surface area contributed by atoms with Crippen molar-refractivity contribution in [3.05, 3.63) is 28.5 Å². The number of pyridine rings is 1. The van der Waals surface area contributed by atoms with E-state index < -0.39 is 0 Å². The second-order valence-corrected chi connectivity index (χ2v) is 3.73. The predicted octanol–water partition coefficient (Wildman–Crippen LogP) is 1.66. The van der Waals surface area contributed by atoms with Crippen molar-refractivity contribution in [2.75, 3.05) is 0 Å². The maximum absolute atomic E-state index is 5.70. The van der Waals surface area contributed by atoms with Crippen LogP contribution >= 0.6 is 15.9 Å². The zero-order valence-electron chi connectivity index (χ0n) is 6.00. The van der Waals surface area contributed by atoms with Gasteiger partial charge in [-0.2, -0.15) is 0 Å². The zero-order chi connectivity index (χ0) is 7.84. The first kappa shape index (κ1) is 7.25. The quantitative estimate of drug-likeness (QED) is 0.720. The first-order chi connectivity index (χ1) is 5.27. The Morgan fingerprint density at radius 1 is 1.55 bits per heavy atom. The van der Waals surface area contributed by atoms with E-state index in [0.717, 1.165) is 11.0 Å². The van der Waals surface area contributed by atoms with Crippen molar-refractivity contribution in [1.82, 2.24) is 4.98 Å². The van der Waals surface area contributed by atoms with Crippen LogP contribution in [0.4, 0.5) is 0 Å². The number of hydrogen-bond acceptors (Lipinski definition) is 2. The highest BCUT2D eigenvalue weighted by atomic mass is 79.9. The predicted molar refractivity (Wildman–Crippen MR) is 47.3 cm³/mol. The lowest BCUT2D eigenvalue weighted by Gasteiger charge is -1.96. The molecule has 0 saturated heterocycles. The molecule has 0 spiro atoms. The van der Waals surface area contributed by atoms with E-state index in [4.69, 9.17) is 5.73 Å². The smallest absolute Gasteiger partial charge is 0.106 e. The molecule has 0 aromatic carbocycles. The van der Waals surface area contributed by atoms with Gasteiger partial charge < -0.3 is 5.73 Å². The van der Waals surface area contributed by atoms with Crippen molar-refractivity contribution in [3.8, 4) is 0 Å². The molecule has 2 nitrogen and oxygen atoms in total. The van der Waals surface area contributed by atoms with E-state index in [1.165, 1.54) is 5.56 Å². The number of nitrogens with zero attached hydrogens (tertiary/aromatic N) is 1. The van der Waals surface area contributed by atoms with Crippen molar-refractivity contribution in [1.29, 1.82) is 0 Å². The van der Waals surface area contributed by atoms with Crippen LogP contribution in [0.1, 0.15) is 17.9 Å². The summed E-state index contributed by atoms with van der Waals surface area (Å²) in [6.45, 7) is 0. The van der Waals surface area contributed by atoms with E-state index >= 15 is 0 Å². The Morgan fingerprint density at radius 2 is 2.27 bits per heavy atom. The van der Waals surface area contributed by atoms with Crippen LogP contribution in [0.2, 0.25) is 0 Å². The van der Waals surface area contributed by atoms with E-state index in [1.54, 1.807) is 0 Å². The van der Waals surface area contributed by atoms with Crippen molar-refractivity contribution in [2.24, 2.45) is 5.73 Å². The SMILES string of the molecule is NC1CC1c1ccc(Br)nc1. The molecule has 1 fully saturated rings. The molecule has 2 atom stereocenters. The average Bonchev–Trinajstić information content (AvgIpc) is 2.69. The number of hydrogen-bond donors (Lipinski definition) is 1. The molecule has 0 aliphatic heterocycles. The van der Waals surface area contributed by atoms with Gasteiger partial charge in [0.05, 0.1) is 0 Å². The lowest BCUT2D eigenvalue weighted by Crippen LogP contribution is -2.00. The summed E-state index contributed by atoms with van der Waals surface area (Å²) in [5.41, 5.74) is 6.96. The number of rotatable bonds is 1. The third-order valence-electron chi connectivity index (χ3n) is 2.02. The molecule has 1 aliphatic carbocycles. The highest BCUT2D eigenvalue weighted by Gasteiger charge is 2.34. The van der Waals surface area contributed by atoms with E-state index in [2.05, 4.69) is 27.0 Å². The molecule has 11 heavy (non-hydrogen) atoms. The van der Waals surface area contributed by atoms with Gasteiger partial charge in [0.25, 0.3) is 0 Å². The Hall–Kier alpha value is -0.410. The van der Waals surface area contributed by atoms with E-state index in [-0.39, 0.29) is 0 Å². The first-order valence-corrected chi connectivity index (χ1v) is 4.43. The minimum atomic E-state index is 0.373. The fraction of sp³-hybridized carbons (Fsp3) is 0.375. The first-order valence-electron chi connectivity index (χ1n) is 3.64. The van der Waals surface area contributed by atoms with Gasteiger partial charge in [-0.25, -0.2) is 4.98 Å². The van der Waals surface area contributed by atoms with Gasteiger partial charge in [-0.1, -0.05) is 6.07 Å². The van der Waals surface area contributed by atoms with Gasteiger partial charge in [0.1, 0.15) is 4.60 Å². The maximum atomic E-state index is 5.70. The highest BCUT2D eigenvalue weighted by molar-refractivity contribution is 9.10. The van der Waals surface area contributed by atoms with E-state index in [1.807, 2.05) is 12.3 Å². The lowest BCUT2D eigenvalue weighted by atomic mass is 10.2. The van der Waals surface area contributed by atoms with Crippen LogP contribution in [0.5, 0.6) is 0 Å². The Kier molecular flexibility index (Phi) is 1.69. The molecule has 1 aromatic heterocycles. The molecule has 2 unspecified atom stereocenters. The van der Waals surface area contributed by atoms with Gasteiger partial charge in [-0.05, 0) is 34.0 Å². The minimum Gasteiger partial charge on any atom is -0.327 e. The largest absolute Gasteiger partial charge is 0.327 e. The van der Waals surface area contributed by atoms with Crippen LogP contribution in [-0.4, -0.2) is 11.0 Å². The summed E-state index contributed by atoms with van der Waals surface area (Å²) < 4.78 is 0.885. The van der Waals surface area contributed by atoms with Gasteiger partial charge in [-0.15, -0.1) is 0 Å². The summed E-state index contributed by atoms with van der Waals surface area (Å²) in [5, 5.41) is 0. The van der Waals surface area contributed by atoms with E-state index in [9.17, 15) is 0 Å². The van der Waals surface area contributed by atoms with Crippen LogP contribution in [0, 0.1) is 0 Å². The van der Waals surface area contributed by atoms with Crippen molar-refractivity contribution in [3.63, 3.8) is 0 Å². The van der Waals surface area contributed by atoms with Gasteiger partial charge in [0.15, 0.2) is 0 Å². The number of nitrogens with two attached hydrogens (primary N) is 1. The molecular weight excluding hydrogens is 204 g/mol. The van der Waals surface area contributed by atoms with Crippen LogP contribution in [-0.2, 0) is 0 Å². The summed E-state index contributed by atoms with van der Waals surface area (Å²) in [5.74, 6) is 0.565. The van der Waals surface area contributed by atoms with Crippen LogP contribution in [0.15, 0.2) is 22.9 Å². The summed E-state index contributed by atoms with van der Waals surface area (Å²) >= 11 is 3.29. The summed E-state index contributed by atoms with van der Waals surface area (Å²) in [4.78, 5) is 4.14. The fourth-order valence-corrected chi connectivity index (χ4v) is 1.44. The van der Waals surface area contributed by atoms with Gasteiger partial charge in [0, 0.05) is 18.2 Å². The van der Waals surface area contributed by atoms with Gasteiger partial charge in [-0.3, -0.25) is 0 Å². The Balaban J connectivity index is 2.21. The molecule has 1 aliphatic rings. The zero-order valence-corrected chi connectivity index (χ0v) is 7.58. The third-order valence-corrected chi connectivity index (χ3v) is 2.49. The molecule has 0 amide bonds. The molecule has 1 saturated carbocycles. The lowest BCUT2D eigenvalue weighted by molar-refractivity contribution is 0.978. The van der Waals surface area contributed by atoms with Crippen LogP contribution < -0.4 is 5.73 Å². The fourth-order valence-electron chi connectivity index (χ4n) is 1.20. The molecule has 1 aromatic rings. The number of halogens is 1. The van der Waals surface area contributed by atoms with E-state index in [0.29, 0.717) is 12.0 Å². The third kappa shape index (κ3) is 1.44. The molecular formula is C8H9BrN2. The molecule has 3 heteroatoms. The minimum absolute atomic E-state index is 0.373. The Morgan fingerprint density at radius 3 is 2.73 bits per heavy atom. The maximum Gasteiger partial charge on any atom is 0.106 e. The van der Waals surface area contributed by atoms with Crippen molar-refractivity contribution < 1.29 is 0 Å².